The van der Waals surface area contributed by atoms with E-state index in [-0.39, 0.29) is 27.7 Å². The van der Waals surface area contributed by atoms with Gasteiger partial charge in [-0.25, -0.2) is 0 Å². The summed E-state index contributed by atoms with van der Waals surface area (Å²) in [6.45, 7) is 0. The zero-order valence-electron chi connectivity index (χ0n) is 11.2. The molecule has 0 bridgehead atoms. The van der Waals surface area contributed by atoms with E-state index in [9.17, 15) is 20.0 Å². The molecule has 7 heteroatoms. The molecule has 1 atom stereocenters. The van der Waals surface area contributed by atoms with Crippen LogP contribution in [0.5, 0.6) is 0 Å². The number of nitro benzene ring substituents is 1. The van der Waals surface area contributed by atoms with E-state index in [1.807, 2.05) is 6.07 Å². The fraction of sp³-hybridized carbons (Fsp3) is 0.133. The van der Waals surface area contributed by atoms with Crippen molar-refractivity contribution in [1.29, 1.82) is 0 Å². The van der Waals surface area contributed by atoms with Crippen molar-refractivity contribution in [2.75, 3.05) is 0 Å². The molecule has 2 aromatic carbocycles. The van der Waals surface area contributed by atoms with Crippen LogP contribution in [0.25, 0.3) is 0 Å². The fourth-order valence-electron chi connectivity index (χ4n) is 2.17. The number of carboxylic acids is 1. The van der Waals surface area contributed by atoms with Gasteiger partial charge in [0.25, 0.3) is 5.69 Å². The third kappa shape index (κ3) is 3.55. The van der Waals surface area contributed by atoms with E-state index in [0.717, 1.165) is 17.7 Å². The van der Waals surface area contributed by atoms with Crippen LogP contribution in [0, 0.1) is 10.1 Å². The maximum Gasteiger partial charge on any atom is 0.311 e. The molecule has 0 fully saturated rings. The molecule has 0 aliphatic rings. The van der Waals surface area contributed by atoms with E-state index in [1.165, 1.54) is 0 Å². The average Bonchev–Trinajstić information content (AvgIpc) is 2.46. The fourth-order valence-corrected chi connectivity index (χ4v) is 2.91. The van der Waals surface area contributed by atoms with Gasteiger partial charge in [-0.2, -0.15) is 0 Å². The molecule has 1 N–H and O–H groups in total. The number of carbonyl (C=O) groups is 1. The zero-order valence-corrected chi connectivity index (χ0v) is 12.7. The van der Waals surface area contributed by atoms with Crippen LogP contribution < -0.4 is 0 Å². The topological polar surface area (TPSA) is 80.4 Å². The van der Waals surface area contributed by atoms with Gasteiger partial charge in [0.2, 0.25) is 0 Å². The van der Waals surface area contributed by atoms with Gasteiger partial charge < -0.3 is 5.11 Å². The highest BCUT2D eigenvalue weighted by Crippen LogP contribution is 2.37. The summed E-state index contributed by atoms with van der Waals surface area (Å²) in [5.74, 6) is -2.08. The Kier molecular flexibility index (Phi) is 5.00. The summed E-state index contributed by atoms with van der Waals surface area (Å²) in [6.07, 6.45) is 0.188. The molecule has 5 nitrogen and oxygen atoms in total. The Balaban J connectivity index is 2.45. The Labute approximate surface area is 136 Å². The number of nitro groups is 1. The van der Waals surface area contributed by atoms with E-state index in [4.69, 9.17) is 23.2 Å². The van der Waals surface area contributed by atoms with Crippen LogP contribution in [0.1, 0.15) is 17.0 Å². The number of rotatable bonds is 5. The van der Waals surface area contributed by atoms with E-state index in [2.05, 4.69) is 0 Å². The first-order chi connectivity index (χ1) is 10.4. The standard InChI is InChI=1S/C15H11Cl2NO4/c16-12-7-10(18(21)22)8-13(17)14(12)11(15(19)20)6-9-4-2-1-3-5-9/h1-5,7-8,11H,6H2,(H,19,20). The van der Waals surface area contributed by atoms with Gasteiger partial charge in [-0.1, -0.05) is 53.5 Å². The van der Waals surface area contributed by atoms with Crippen molar-refractivity contribution in [3.63, 3.8) is 0 Å². The number of benzene rings is 2. The molecule has 2 aromatic rings. The summed E-state index contributed by atoms with van der Waals surface area (Å²) < 4.78 is 0. The second-order valence-corrected chi connectivity index (χ2v) is 5.48. The molecule has 1 unspecified atom stereocenters. The minimum Gasteiger partial charge on any atom is -0.481 e. The number of halogens is 2. The lowest BCUT2D eigenvalue weighted by atomic mass is 9.91. The molecule has 0 aromatic heterocycles. The largest absolute Gasteiger partial charge is 0.481 e. The summed E-state index contributed by atoms with van der Waals surface area (Å²) in [7, 11) is 0. The van der Waals surface area contributed by atoms with Gasteiger partial charge in [-0.15, -0.1) is 0 Å². The van der Waals surface area contributed by atoms with Crippen molar-refractivity contribution in [3.8, 4) is 0 Å². The highest BCUT2D eigenvalue weighted by atomic mass is 35.5. The van der Waals surface area contributed by atoms with Crippen molar-refractivity contribution < 1.29 is 14.8 Å². The summed E-state index contributed by atoms with van der Waals surface area (Å²) in [5, 5.41) is 20.2. The van der Waals surface area contributed by atoms with Gasteiger partial charge in [0.15, 0.2) is 0 Å². The highest BCUT2D eigenvalue weighted by molar-refractivity contribution is 6.36. The molecular weight excluding hydrogens is 329 g/mol. The van der Waals surface area contributed by atoms with Gasteiger partial charge in [-0.05, 0) is 12.0 Å². The van der Waals surface area contributed by atoms with Gasteiger partial charge in [0.05, 0.1) is 20.9 Å². The molecule has 0 saturated heterocycles. The van der Waals surface area contributed by atoms with Crippen molar-refractivity contribution in [1.82, 2.24) is 0 Å². The Bertz CT molecular complexity index is 696. The molecule has 22 heavy (non-hydrogen) atoms. The SMILES string of the molecule is O=C(O)C(Cc1ccccc1)c1c(Cl)cc([N+](=O)[O-])cc1Cl. The lowest BCUT2D eigenvalue weighted by Crippen LogP contribution is -2.15. The summed E-state index contributed by atoms with van der Waals surface area (Å²) in [4.78, 5) is 21.7. The smallest absolute Gasteiger partial charge is 0.311 e. The molecule has 0 saturated carbocycles. The number of carboxylic acid groups (broad SMARTS) is 1. The number of aliphatic carboxylic acids is 1. The van der Waals surface area contributed by atoms with E-state index < -0.39 is 16.8 Å². The van der Waals surface area contributed by atoms with Gasteiger partial charge >= 0.3 is 5.97 Å². The zero-order chi connectivity index (χ0) is 16.3. The number of hydrogen-bond donors (Lipinski definition) is 1. The Morgan fingerprint density at radius 2 is 1.73 bits per heavy atom. The molecule has 0 aliphatic heterocycles. The number of nitrogens with zero attached hydrogens (tertiary/aromatic N) is 1. The normalized spacial score (nSPS) is 11.9. The lowest BCUT2D eigenvalue weighted by molar-refractivity contribution is -0.384. The minimum atomic E-state index is -1.10. The van der Waals surface area contributed by atoms with Crippen molar-refractivity contribution >= 4 is 34.9 Å². The van der Waals surface area contributed by atoms with Crippen LogP contribution in [-0.4, -0.2) is 16.0 Å². The van der Waals surface area contributed by atoms with Crippen molar-refractivity contribution in [3.05, 3.63) is 73.8 Å². The summed E-state index contributed by atoms with van der Waals surface area (Å²) >= 11 is 12.1. The van der Waals surface area contributed by atoms with Crippen LogP contribution in [0.15, 0.2) is 42.5 Å². The molecule has 0 radical (unpaired) electrons. The molecule has 0 amide bonds. The number of non-ortho nitro benzene ring substituents is 1. The third-order valence-electron chi connectivity index (χ3n) is 3.20. The minimum absolute atomic E-state index is 0.0254. The molecule has 114 valence electrons. The molecule has 0 spiro atoms. The summed E-state index contributed by atoms with van der Waals surface area (Å²) in [6, 6.07) is 11.2. The van der Waals surface area contributed by atoms with Crippen LogP contribution in [0.2, 0.25) is 10.0 Å². The van der Waals surface area contributed by atoms with Crippen LogP contribution in [0.3, 0.4) is 0 Å². The first-order valence-corrected chi connectivity index (χ1v) is 7.05. The highest BCUT2D eigenvalue weighted by Gasteiger charge is 2.27. The Morgan fingerprint density at radius 1 is 1.18 bits per heavy atom. The molecule has 2 rings (SSSR count). The van der Waals surface area contributed by atoms with E-state index >= 15 is 0 Å². The quantitative estimate of drug-likeness (QED) is 0.649. The third-order valence-corrected chi connectivity index (χ3v) is 3.83. The molecule has 0 heterocycles. The lowest BCUT2D eigenvalue weighted by Gasteiger charge is -2.16. The van der Waals surface area contributed by atoms with E-state index in [0.29, 0.717) is 0 Å². The number of hydrogen-bond acceptors (Lipinski definition) is 3. The van der Waals surface area contributed by atoms with Crippen molar-refractivity contribution in [2.24, 2.45) is 0 Å². The van der Waals surface area contributed by atoms with E-state index in [1.54, 1.807) is 24.3 Å². The average molecular weight is 340 g/mol. The van der Waals surface area contributed by atoms with Crippen LogP contribution in [-0.2, 0) is 11.2 Å². The summed E-state index contributed by atoms with van der Waals surface area (Å²) in [5.41, 5.74) is 0.716. The van der Waals surface area contributed by atoms with Gasteiger partial charge in [0.1, 0.15) is 0 Å². The predicted octanol–water partition coefficient (Wildman–Crippen LogP) is 4.31. The maximum atomic E-state index is 11.6. The first kappa shape index (κ1) is 16.3. The second kappa shape index (κ2) is 6.77. The van der Waals surface area contributed by atoms with Crippen molar-refractivity contribution in [2.45, 2.75) is 12.3 Å². The van der Waals surface area contributed by atoms with Crippen LogP contribution in [0.4, 0.5) is 5.69 Å². The predicted molar refractivity (Wildman–Crippen MR) is 83.6 cm³/mol. The first-order valence-electron chi connectivity index (χ1n) is 6.30. The molecular formula is C15H11Cl2NO4. The monoisotopic (exact) mass is 339 g/mol. The van der Waals surface area contributed by atoms with Gasteiger partial charge in [0, 0.05) is 17.7 Å². The maximum absolute atomic E-state index is 11.6. The van der Waals surface area contributed by atoms with Crippen LogP contribution >= 0.6 is 23.2 Å². The Morgan fingerprint density at radius 3 is 2.18 bits per heavy atom. The second-order valence-electron chi connectivity index (χ2n) is 4.66. The Hall–Kier alpha value is -2.11. The van der Waals surface area contributed by atoms with Gasteiger partial charge in [-0.3, -0.25) is 14.9 Å². The molecule has 0 aliphatic carbocycles.